The van der Waals surface area contributed by atoms with Gasteiger partial charge in [0.25, 0.3) is 0 Å². The number of hydrogen-bond acceptors (Lipinski definition) is 2. The van der Waals surface area contributed by atoms with Gasteiger partial charge in [0.15, 0.2) is 0 Å². The van der Waals surface area contributed by atoms with E-state index in [1.165, 1.54) is 11.6 Å². The number of carboxylic acid groups (broad SMARTS) is 1. The first kappa shape index (κ1) is 16.0. The number of rotatable bonds is 6. The topological polar surface area (TPSA) is 56.3 Å². The fourth-order valence-corrected chi connectivity index (χ4v) is 3.53. The van der Waals surface area contributed by atoms with Gasteiger partial charge in [-0.2, -0.15) is 0 Å². The number of halogens is 1. The predicted octanol–water partition coefficient (Wildman–Crippen LogP) is 3.74. The Kier molecular flexibility index (Phi) is 4.96. The fraction of sp³-hybridized carbons (Fsp3) is 0.500. The van der Waals surface area contributed by atoms with Crippen LogP contribution < -0.4 is 0 Å². The molecule has 0 radical (unpaired) electrons. The van der Waals surface area contributed by atoms with Crippen molar-refractivity contribution in [2.45, 2.75) is 38.0 Å². The Morgan fingerprint density at radius 2 is 2.09 bits per heavy atom. The highest BCUT2D eigenvalue weighted by Gasteiger charge is 2.22. The molecule has 1 fully saturated rings. The van der Waals surface area contributed by atoms with E-state index in [4.69, 9.17) is 5.11 Å². The number of carboxylic acids is 1. The molecule has 1 aromatic carbocycles. The highest BCUT2D eigenvalue weighted by Crippen LogP contribution is 2.33. The lowest BCUT2D eigenvalue weighted by molar-refractivity contribution is -0.137. The predicted molar refractivity (Wildman–Crippen MR) is 88.2 cm³/mol. The summed E-state index contributed by atoms with van der Waals surface area (Å²) in [5.74, 6) is -0.426. The van der Waals surface area contributed by atoms with Gasteiger partial charge in [-0.1, -0.05) is 0 Å². The molecule has 124 valence electrons. The monoisotopic (exact) mass is 318 g/mol. The second-order valence-electron chi connectivity index (χ2n) is 6.40. The number of fused-ring (bicyclic) bond motifs is 1. The van der Waals surface area contributed by atoms with E-state index in [-0.39, 0.29) is 12.2 Å². The van der Waals surface area contributed by atoms with Gasteiger partial charge in [-0.25, -0.2) is 4.39 Å². The van der Waals surface area contributed by atoms with Crippen molar-refractivity contribution in [1.82, 2.24) is 9.88 Å². The van der Waals surface area contributed by atoms with Gasteiger partial charge < -0.3 is 15.0 Å². The quantitative estimate of drug-likeness (QED) is 0.798. The van der Waals surface area contributed by atoms with Gasteiger partial charge in [-0.15, -0.1) is 0 Å². The van der Waals surface area contributed by atoms with Crippen molar-refractivity contribution in [3.05, 3.63) is 35.8 Å². The van der Waals surface area contributed by atoms with E-state index in [1.807, 2.05) is 6.20 Å². The minimum absolute atomic E-state index is 0.186. The molecule has 1 aromatic heterocycles. The molecule has 0 aliphatic carbocycles. The van der Waals surface area contributed by atoms with Gasteiger partial charge in [-0.05, 0) is 75.0 Å². The van der Waals surface area contributed by atoms with Crippen molar-refractivity contribution in [3.8, 4) is 0 Å². The Morgan fingerprint density at radius 3 is 2.83 bits per heavy atom. The number of piperidine rings is 1. The van der Waals surface area contributed by atoms with Crippen LogP contribution in [0.5, 0.6) is 0 Å². The average molecular weight is 318 g/mol. The molecule has 0 unspecified atom stereocenters. The zero-order chi connectivity index (χ0) is 16.2. The zero-order valence-corrected chi connectivity index (χ0v) is 13.2. The molecule has 0 bridgehead atoms. The summed E-state index contributed by atoms with van der Waals surface area (Å²) in [6, 6.07) is 4.91. The van der Waals surface area contributed by atoms with Gasteiger partial charge in [0.2, 0.25) is 0 Å². The first-order chi connectivity index (χ1) is 11.1. The summed E-state index contributed by atoms with van der Waals surface area (Å²) >= 11 is 0. The van der Waals surface area contributed by atoms with E-state index in [0.29, 0.717) is 5.92 Å². The van der Waals surface area contributed by atoms with E-state index in [0.717, 1.165) is 56.2 Å². The van der Waals surface area contributed by atoms with E-state index < -0.39 is 5.97 Å². The van der Waals surface area contributed by atoms with Crippen molar-refractivity contribution in [2.75, 3.05) is 19.6 Å². The lowest BCUT2D eigenvalue weighted by Crippen LogP contribution is -2.33. The number of H-pyrrole nitrogens is 1. The number of carbonyl (C=O) groups is 1. The smallest absolute Gasteiger partial charge is 0.303 e. The third-order valence-electron chi connectivity index (χ3n) is 4.82. The van der Waals surface area contributed by atoms with Crippen LogP contribution in [0.25, 0.3) is 10.9 Å². The molecule has 0 spiro atoms. The van der Waals surface area contributed by atoms with Gasteiger partial charge >= 0.3 is 5.97 Å². The van der Waals surface area contributed by atoms with Gasteiger partial charge in [0, 0.05) is 23.5 Å². The van der Waals surface area contributed by atoms with Crippen molar-refractivity contribution >= 4 is 16.9 Å². The second kappa shape index (κ2) is 7.13. The van der Waals surface area contributed by atoms with Crippen LogP contribution in [-0.4, -0.2) is 40.6 Å². The molecule has 1 saturated heterocycles. The zero-order valence-electron chi connectivity index (χ0n) is 13.2. The Hall–Kier alpha value is -1.88. The number of likely N-dealkylation sites (tertiary alicyclic amines) is 1. The van der Waals surface area contributed by atoms with Gasteiger partial charge in [-0.3, -0.25) is 4.79 Å². The van der Waals surface area contributed by atoms with E-state index in [9.17, 15) is 9.18 Å². The molecule has 1 aliphatic heterocycles. The van der Waals surface area contributed by atoms with Gasteiger partial charge in [0.1, 0.15) is 5.82 Å². The van der Waals surface area contributed by atoms with Crippen LogP contribution in [0.4, 0.5) is 4.39 Å². The van der Waals surface area contributed by atoms with Crippen LogP contribution in [0.1, 0.15) is 43.6 Å². The molecule has 3 rings (SSSR count). The number of nitrogens with zero attached hydrogens (tertiary/aromatic N) is 1. The second-order valence-corrected chi connectivity index (χ2v) is 6.40. The maximum absolute atomic E-state index is 13.5. The highest BCUT2D eigenvalue weighted by atomic mass is 19.1. The largest absolute Gasteiger partial charge is 0.481 e. The van der Waals surface area contributed by atoms with Crippen LogP contribution in [0.3, 0.4) is 0 Å². The molecule has 0 atom stereocenters. The SMILES string of the molecule is O=C(O)CCCCN1CCC(c2c[nH]c3ccc(F)cc23)CC1. The molecule has 0 saturated carbocycles. The molecular formula is C18H23FN2O2. The van der Waals surface area contributed by atoms with Crippen LogP contribution in [-0.2, 0) is 4.79 Å². The molecule has 2 N–H and O–H groups in total. The maximum Gasteiger partial charge on any atom is 0.303 e. The Balaban J connectivity index is 1.54. The molecule has 4 nitrogen and oxygen atoms in total. The summed E-state index contributed by atoms with van der Waals surface area (Å²) in [5.41, 5.74) is 2.22. The summed E-state index contributed by atoms with van der Waals surface area (Å²) in [5, 5.41) is 9.66. The number of hydrogen-bond donors (Lipinski definition) is 2. The summed E-state index contributed by atoms with van der Waals surface area (Å²) < 4.78 is 13.5. The minimum atomic E-state index is -0.713. The maximum atomic E-state index is 13.5. The third kappa shape index (κ3) is 3.91. The molecule has 2 aromatic rings. The molecule has 1 aliphatic rings. The van der Waals surface area contributed by atoms with Crippen LogP contribution in [0.2, 0.25) is 0 Å². The Bertz CT molecular complexity index is 675. The molecule has 2 heterocycles. The summed E-state index contributed by atoms with van der Waals surface area (Å²) in [6.07, 6.45) is 6.12. The number of nitrogens with one attached hydrogen (secondary N) is 1. The van der Waals surface area contributed by atoms with Gasteiger partial charge in [0.05, 0.1) is 0 Å². The standard InChI is InChI=1S/C18H23FN2O2/c19-14-4-5-17-15(11-14)16(12-20-17)13-6-9-21(10-7-13)8-2-1-3-18(22)23/h4-5,11-13,20H,1-3,6-10H2,(H,22,23). The summed E-state index contributed by atoms with van der Waals surface area (Å²) in [7, 11) is 0. The number of aromatic nitrogens is 1. The van der Waals surface area contributed by atoms with E-state index in [2.05, 4.69) is 9.88 Å². The highest BCUT2D eigenvalue weighted by molar-refractivity contribution is 5.83. The molecule has 23 heavy (non-hydrogen) atoms. The summed E-state index contributed by atoms with van der Waals surface area (Å²) in [6.45, 7) is 3.03. The number of benzene rings is 1. The van der Waals surface area contributed by atoms with Crippen molar-refractivity contribution < 1.29 is 14.3 Å². The number of aliphatic carboxylic acids is 1. The first-order valence-electron chi connectivity index (χ1n) is 8.34. The van der Waals surface area contributed by atoms with Crippen LogP contribution in [0, 0.1) is 5.82 Å². The van der Waals surface area contributed by atoms with Crippen molar-refractivity contribution in [1.29, 1.82) is 0 Å². The van der Waals surface area contributed by atoms with Crippen molar-refractivity contribution in [2.24, 2.45) is 0 Å². The minimum Gasteiger partial charge on any atom is -0.481 e. The van der Waals surface area contributed by atoms with Crippen LogP contribution in [0.15, 0.2) is 24.4 Å². The first-order valence-corrected chi connectivity index (χ1v) is 8.34. The molecule has 5 heteroatoms. The lowest BCUT2D eigenvalue weighted by atomic mass is 9.89. The Morgan fingerprint density at radius 1 is 1.30 bits per heavy atom. The normalized spacial score (nSPS) is 16.9. The summed E-state index contributed by atoms with van der Waals surface area (Å²) in [4.78, 5) is 16.2. The lowest BCUT2D eigenvalue weighted by Gasteiger charge is -2.31. The van der Waals surface area contributed by atoms with E-state index in [1.54, 1.807) is 12.1 Å². The fourth-order valence-electron chi connectivity index (χ4n) is 3.53. The van der Waals surface area contributed by atoms with E-state index >= 15 is 0 Å². The number of aromatic amines is 1. The average Bonchev–Trinajstić information content (AvgIpc) is 2.95. The molecular weight excluding hydrogens is 295 g/mol. The Labute approximate surface area is 135 Å². The number of unbranched alkanes of at least 4 members (excludes halogenated alkanes) is 1. The third-order valence-corrected chi connectivity index (χ3v) is 4.82. The molecule has 0 amide bonds. The van der Waals surface area contributed by atoms with Crippen LogP contribution >= 0.6 is 0 Å². The van der Waals surface area contributed by atoms with Crippen molar-refractivity contribution in [3.63, 3.8) is 0 Å².